The topological polar surface area (TPSA) is 15.3 Å². The molecular formula is C19H38N2. The molecule has 2 aliphatic rings. The van der Waals surface area contributed by atoms with Gasteiger partial charge in [0.15, 0.2) is 0 Å². The van der Waals surface area contributed by atoms with E-state index in [0.29, 0.717) is 11.1 Å². The van der Waals surface area contributed by atoms with Crippen LogP contribution in [0, 0.1) is 5.92 Å². The molecule has 1 heterocycles. The number of hydrogen-bond acceptors (Lipinski definition) is 2. The molecule has 0 bridgehead atoms. The van der Waals surface area contributed by atoms with Crippen molar-refractivity contribution in [1.29, 1.82) is 0 Å². The van der Waals surface area contributed by atoms with E-state index < -0.39 is 0 Å². The Bertz CT molecular complexity index is 309. The Labute approximate surface area is 133 Å². The maximum Gasteiger partial charge on any atom is 0.0309 e. The molecule has 2 rings (SSSR count). The molecule has 1 saturated heterocycles. The van der Waals surface area contributed by atoms with Gasteiger partial charge in [0, 0.05) is 30.7 Å². The molecule has 2 heteroatoms. The molecule has 0 aromatic heterocycles. The lowest BCUT2D eigenvalue weighted by Crippen LogP contribution is -2.68. The maximum absolute atomic E-state index is 3.96. The lowest BCUT2D eigenvalue weighted by Gasteiger charge is -2.53. The van der Waals surface area contributed by atoms with Gasteiger partial charge in [-0.3, -0.25) is 4.90 Å². The second kappa shape index (κ2) is 7.46. The predicted octanol–water partition coefficient (Wildman–Crippen LogP) is 4.59. The van der Waals surface area contributed by atoms with E-state index in [2.05, 4.69) is 37.9 Å². The van der Waals surface area contributed by atoms with Crippen LogP contribution in [-0.4, -0.2) is 35.6 Å². The molecule has 1 spiro atoms. The van der Waals surface area contributed by atoms with Crippen molar-refractivity contribution in [1.82, 2.24) is 10.2 Å². The number of piperazine rings is 1. The second-order valence-corrected chi connectivity index (χ2v) is 7.99. The maximum atomic E-state index is 3.96. The van der Waals surface area contributed by atoms with Gasteiger partial charge in [0.25, 0.3) is 0 Å². The molecule has 1 aliphatic heterocycles. The van der Waals surface area contributed by atoms with E-state index in [1.807, 2.05) is 0 Å². The summed E-state index contributed by atoms with van der Waals surface area (Å²) in [5.41, 5.74) is 0.825. The van der Waals surface area contributed by atoms with Gasteiger partial charge in [-0.15, -0.1) is 0 Å². The third-order valence-electron chi connectivity index (χ3n) is 6.45. The van der Waals surface area contributed by atoms with E-state index in [-0.39, 0.29) is 0 Å². The number of nitrogens with zero attached hydrogens (tertiary/aromatic N) is 1. The third-order valence-corrected chi connectivity index (χ3v) is 6.45. The molecule has 2 unspecified atom stereocenters. The average Bonchev–Trinajstić information content (AvgIpc) is 2.95. The summed E-state index contributed by atoms with van der Waals surface area (Å²) in [5.74, 6) is 0.896. The first kappa shape index (κ1) is 17.3. The molecule has 1 aliphatic carbocycles. The molecule has 1 N–H and O–H groups in total. The Kier molecular flexibility index (Phi) is 6.14. The summed E-state index contributed by atoms with van der Waals surface area (Å²) in [4.78, 5) is 2.87. The number of nitrogens with one attached hydrogen (secondary N) is 1. The molecular weight excluding hydrogens is 256 g/mol. The fraction of sp³-hybridized carbons (Fsp3) is 1.00. The lowest BCUT2D eigenvalue weighted by atomic mass is 9.83. The van der Waals surface area contributed by atoms with Gasteiger partial charge in [-0.1, -0.05) is 52.9 Å². The van der Waals surface area contributed by atoms with Crippen molar-refractivity contribution in [2.45, 2.75) is 96.6 Å². The molecule has 21 heavy (non-hydrogen) atoms. The molecule has 2 fully saturated rings. The minimum Gasteiger partial charge on any atom is -0.308 e. The van der Waals surface area contributed by atoms with Crippen LogP contribution in [0.15, 0.2) is 0 Å². The average molecular weight is 295 g/mol. The van der Waals surface area contributed by atoms with Crippen LogP contribution in [-0.2, 0) is 0 Å². The fourth-order valence-corrected chi connectivity index (χ4v) is 4.35. The van der Waals surface area contributed by atoms with Gasteiger partial charge in [0.05, 0.1) is 0 Å². The lowest BCUT2D eigenvalue weighted by molar-refractivity contribution is 0.00147. The van der Waals surface area contributed by atoms with Gasteiger partial charge in [-0.05, 0) is 38.5 Å². The smallest absolute Gasteiger partial charge is 0.0309 e. The van der Waals surface area contributed by atoms with Crippen molar-refractivity contribution in [3.8, 4) is 0 Å². The van der Waals surface area contributed by atoms with Gasteiger partial charge in [0.1, 0.15) is 0 Å². The molecule has 0 amide bonds. The summed E-state index contributed by atoms with van der Waals surface area (Å²) < 4.78 is 0. The Hall–Kier alpha value is -0.0800. The molecule has 124 valence electrons. The number of rotatable bonds is 7. The second-order valence-electron chi connectivity index (χ2n) is 7.99. The first-order valence-electron chi connectivity index (χ1n) is 9.57. The zero-order valence-corrected chi connectivity index (χ0v) is 15.0. The molecule has 2 atom stereocenters. The van der Waals surface area contributed by atoms with Crippen LogP contribution in [0.25, 0.3) is 0 Å². The fourth-order valence-electron chi connectivity index (χ4n) is 4.35. The van der Waals surface area contributed by atoms with E-state index >= 15 is 0 Å². The minimum absolute atomic E-state index is 0.369. The summed E-state index contributed by atoms with van der Waals surface area (Å²) in [6.07, 6.45) is 12.4. The van der Waals surface area contributed by atoms with Crippen LogP contribution in [0.5, 0.6) is 0 Å². The Morgan fingerprint density at radius 2 is 1.86 bits per heavy atom. The minimum atomic E-state index is 0.369. The summed E-state index contributed by atoms with van der Waals surface area (Å²) in [6, 6.07) is 0. The summed E-state index contributed by atoms with van der Waals surface area (Å²) in [6.45, 7) is 13.4. The highest BCUT2D eigenvalue weighted by Crippen LogP contribution is 2.37. The van der Waals surface area contributed by atoms with Crippen molar-refractivity contribution < 1.29 is 0 Å². The molecule has 0 aromatic rings. The van der Waals surface area contributed by atoms with Crippen molar-refractivity contribution in [2.75, 3.05) is 19.6 Å². The van der Waals surface area contributed by atoms with Crippen LogP contribution >= 0.6 is 0 Å². The summed E-state index contributed by atoms with van der Waals surface area (Å²) >= 11 is 0. The quantitative estimate of drug-likeness (QED) is 0.739. The first-order chi connectivity index (χ1) is 10.1. The van der Waals surface area contributed by atoms with Gasteiger partial charge in [-0.2, -0.15) is 0 Å². The van der Waals surface area contributed by atoms with Crippen molar-refractivity contribution >= 4 is 0 Å². The van der Waals surface area contributed by atoms with Crippen molar-refractivity contribution in [3.63, 3.8) is 0 Å². The first-order valence-corrected chi connectivity index (χ1v) is 9.57. The molecule has 2 nitrogen and oxygen atoms in total. The number of unbranched alkanes of at least 4 members (excludes halogenated alkanes) is 1. The zero-order chi connectivity index (χ0) is 15.3. The Morgan fingerprint density at radius 3 is 2.43 bits per heavy atom. The van der Waals surface area contributed by atoms with Crippen LogP contribution in [0.2, 0.25) is 0 Å². The van der Waals surface area contributed by atoms with Gasteiger partial charge in [-0.25, -0.2) is 0 Å². The van der Waals surface area contributed by atoms with E-state index in [9.17, 15) is 0 Å². The summed E-state index contributed by atoms with van der Waals surface area (Å²) in [5, 5.41) is 3.96. The standard InChI is InChI=1S/C19H38N2/c1-5-8-11-17(6-2)14-21-16-19(12-9-10-13-19)20-15-18(21,4)7-3/h17,20H,5-16H2,1-4H3. The van der Waals surface area contributed by atoms with Crippen molar-refractivity contribution in [2.24, 2.45) is 5.92 Å². The van der Waals surface area contributed by atoms with Gasteiger partial charge >= 0.3 is 0 Å². The van der Waals surface area contributed by atoms with Gasteiger partial charge in [0.2, 0.25) is 0 Å². The third kappa shape index (κ3) is 4.01. The Balaban J connectivity index is 2.03. The number of hydrogen-bond donors (Lipinski definition) is 1. The normalized spacial score (nSPS) is 30.9. The summed E-state index contributed by atoms with van der Waals surface area (Å²) in [7, 11) is 0. The van der Waals surface area contributed by atoms with Crippen molar-refractivity contribution in [3.05, 3.63) is 0 Å². The van der Waals surface area contributed by atoms with Crippen LogP contribution in [0.4, 0.5) is 0 Å². The largest absolute Gasteiger partial charge is 0.308 e. The Morgan fingerprint density at radius 1 is 1.14 bits per heavy atom. The van der Waals surface area contributed by atoms with E-state index in [0.717, 1.165) is 5.92 Å². The molecule has 0 aromatic carbocycles. The van der Waals surface area contributed by atoms with Crippen LogP contribution in [0.3, 0.4) is 0 Å². The highest BCUT2D eigenvalue weighted by molar-refractivity contribution is 5.05. The monoisotopic (exact) mass is 294 g/mol. The van der Waals surface area contributed by atoms with E-state index in [1.165, 1.54) is 77.4 Å². The molecule has 0 radical (unpaired) electrons. The van der Waals surface area contributed by atoms with Crippen LogP contribution < -0.4 is 5.32 Å². The van der Waals surface area contributed by atoms with Crippen LogP contribution in [0.1, 0.15) is 85.5 Å². The van der Waals surface area contributed by atoms with Gasteiger partial charge < -0.3 is 5.32 Å². The SMILES string of the molecule is CCCCC(CC)CN1CC2(CCCC2)NCC1(C)CC. The van der Waals surface area contributed by atoms with E-state index in [4.69, 9.17) is 0 Å². The molecule has 1 saturated carbocycles. The zero-order valence-electron chi connectivity index (χ0n) is 15.0. The predicted molar refractivity (Wildman–Crippen MR) is 92.8 cm³/mol. The highest BCUT2D eigenvalue weighted by Gasteiger charge is 2.45. The highest BCUT2D eigenvalue weighted by atomic mass is 15.3. The van der Waals surface area contributed by atoms with E-state index in [1.54, 1.807) is 0 Å².